The number of carbonyl (C=O) groups is 2. The Bertz CT molecular complexity index is 537. The van der Waals surface area contributed by atoms with Crippen molar-refractivity contribution in [2.24, 2.45) is 11.3 Å². The zero-order valence-electron chi connectivity index (χ0n) is 14.0. The summed E-state index contributed by atoms with van der Waals surface area (Å²) in [6.45, 7) is 7.06. The summed E-state index contributed by atoms with van der Waals surface area (Å²) in [4.78, 5) is 26.0. The lowest BCUT2D eigenvalue weighted by atomic mass is 9.87. The van der Waals surface area contributed by atoms with Crippen LogP contribution in [0, 0.1) is 11.3 Å². The molecule has 2 N–H and O–H groups in total. The van der Waals surface area contributed by atoms with Crippen LogP contribution in [0.25, 0.3) is 0 Å². The molecule has 1 aromatic rings. The summed E-state index contributed by atoms with van der Waals surface area (Å²) >= 11 is 0. The number of nitrogens with zero attached hydrogens (tertiary/aromatic N) is 1. The summed E-state index contributed by atoms with van der Waals surface area (Å²) in [5, 5.41) is 12.4. The van der Waals surface area contributed by atoms with Gasteiger partial charge in [-0.15, -0.1) is 0 Å². The Morgan fingerprint density at radius 2 is 2.30 bits per heavy atom. The van der Waals surface area contributed by atoms with Crippen molar-refractivity contribution >= 4 is 11.8 Å². The van der Waals surface area contributed by atoms with Crippen LogP contribution in [0.5, 0.6) is 0 Å². The lowest BCUT2D eigenvalue weighted by Gasteiger charge is -2.27. The van der Waals surface area contributed by atoms with Crippen molar-refractivity contribution in [1.29, 1.82) is 0 Å². The normalized spacial score (nSPS) is 19.9. The summed E-state index contributed by atoms with van der Waals surface area (Å²) in [7, 11) is 0. The molecule has 1 aliphatic rings. The number of amides is 2. The fourth-order valence-electron chi connectivity index (χ4n) is 3.03. The minimum absolute atomic E-state index is 0.0233. The Balaban J connectivity index is 1.83. The van der Waals surface area contributed by atoms with Gasteiger partial charge in [0.25, 0.3) is 0 Å². The molecule has 2 unspecified atom stereocenters. The van der Waals surface area contributed by atoms with Gasteiger partial charge in [0, 0.05) is 19.5 Å². The molecule has 1 saturated heterocycles. The lowest BCUT2D eigenvalue weighted by molar-refractivity contribution is -0.129. The fourth-order valence-corrected chi connectivity index (χ4v) is 3.03. The van der Waals surface area contributed by atoms with Gasteiger partial charge < -0.3 is 19.7 Å². The molecule has 0 bridgehead atoms. The highest BCUT2D eigenvalue weighted by molar-refractivity contribution is 5.89. The van der Waals surface area contributed by atoms with Crippen LogP contribution in [0.3, 0.4) is 0 Å². The smallest absolute Gasteiger partial charge is 0.225 e. The van der Waals surface area contributed by atoms with E-state index in [4.69, 9.17) is 4.42 Å². The molecule has 1 fully saturated rings. The lowest BCUT2D eigenvalue weighted by Crippen LogP contribution is -2.39. The SMILES string of the molecule is CC(O)CC(C)(C)CNC(=O)C1CC(=O)N(Cc2ccco2)C1. The Kier molecular flexibility index (Phi) is 5.46. The van der Waals surface area contributed by atoms with Crippen LogP contribution in [0.1, 0.15) is 39.4 Å². The molecule has 128 valence electrons. The van der Waals surface area contributed by atoms with E-state index in [1.54, 1.807) is 24.2 Å². The summed E-state index contributed by atoms with van der Waals surface area (Å²) in [6, 6.07) is 3.60. The van der Waals surface area contributed by atoms with E-state index in [9.17, 15) is 14.7 Å². The van der Waals surface area contributed by atoms with Crippen LogP contribution in [-0.4, -0.2) is 41.0 Å². The van der Waals surface area contributed by atoms with E-state index in [0.717, 1.165) is 5.76 Å². The van der Waals surface area contributed by atoms with E-state index in [0.29, 0.717) is 26.1 Å². The van der Waals surface area contributed by atoms with E-state index in [2.05, 4.69) is 5.32 Å². The average Bonchev–Trinajstić information content (AvgIpc) is 3.06. The van der Waals surface area contributed by atoms with Crippen molar-refractivity contribution in [1.82, 2.24) is 10.2 Å². The molecule has 23 heavy (non-hydrogen) atoms. The number of aliphatic hydroxyl groups excluding tert-OH is 1. The number of nitrogens with one attached hydrogen (secondary N) is 1. The third-order valence-corrected chi connectivity index (χ3v) is 4.10. The third-order valence-electron chi connectivity index (χ3n) is 4.10. The monoisotopic (exact) mass is 322 g/mol. The minimum Gasteiger partial charge on any atom is -0.467 e. The van der Waals surface area contributed by atoms with Crippen LogP contribution in [-0.2, 0) is 16.1 Å². The first-order valence-electron chi connectivity index (χ1n) is 8.03. The maximum absolute atomic E-state index is 12.3. The topological polar surface area (TPSA) is 82.8 Å². The second-order valence-corrected chi connectivity index (χ2v) is 7.19. The zero-order chi connectivity index (χ0) is 17.0. The van der Waals surface area contributed by atoms with Gasteiger partial charge >= 0.3 is 0 Å². The molecule has 0 spiro atoms. The maximum Gasteiger partial charge on any atom is 0.225 e. The Labute approximate surface area is 136 Å². The molecule has 2 amide bonds. The molecule has 0 saturated carbocycles. The predicted molar refractivity (Wildman–Crippen MR) is 85.3 cm³/mol. The molecule has 0 aliphatic carbocycles. The van der Waals surface area contributed by atoms with E-state index < -0.39 is 6.10 Å². The van der Waals surface area contributed by atoms with E-state index in [1.807, 2.05) is 19.9 Å². The first-order chi connectivity index (χ1) is 10.8. The first-order valence-corrected chi connectivity index (χ1v) is 8.03. The summed E-state index contributed by atoms with van der Waals surface area (Å²) in [6.07, 6.45) is 2.02. The van der Waals surface area contributed by atoms with Crippen LogP contribution in [0.2, 0.25) is 0 Å². The highest BCUT2D eigenvalue weighted by Crippen LogP contribution is 2.23. The number of aliphatic hydroxyl groups is 1. The Morgan fingerprint density at radius 3 is 2.91 bits per heavy atom. The highest BCUT2D eigenvalue weighted by atomic mass is 16.3. The predicted octanol–water partition coefficient (Wildman–Crippen LogP) is 1.54. The quantitative estimate of drug-likeness (QED) is 0.798. The molecule has 2 heterocycles. The minimum atomic E-state index is -0.404. The van der Waals surface area contributed by atoms with Crippen molar-refractivity contribution in [3.8, 4) is 0 Å². The Morgan fingerprint density at radius 1 is 1.57 bits per heavy atom. The van der Waals surface area contributed by atoms with Crippen molar-refractivity contribution in [3.63, 3.8) is 0 Å². The van der Waals surface area contributed by atoms with Gasteiger partial charge in [0.15, 0.2) is 0 Å². The van der Waals surface area contributed by atoms with E-state index >= 15 is 0 Å². The Hall–Kier alpha value is -1.82. The third kappa shape index (κ3) is 5.10. The van der Waals surface area contributed by atoms with Crippen molar-refractivity contribution in [2.75, 3.05) is 13.1 Å². The summed E-state index contributed by atoms with van der Waals surface area (Å²) in [5.41, 5.74) is -0.180. The van der Waals surface area contributed by atoms with E-state index in [-0.39, 0.29) is 29.6 Å². The fraction of sp³-hybridized carbons (Fsp3) is 0.647. The number of hydrogen-bond acceptors (Lipinski definition) is 4. The van der Waals surface area contributed by atoms with Crippen LogP contribution in [0.4, 0.5) is 0 Å². The average molecular weight is 322 g/mol. The molecular formula is C17H26N2O4. The maximum atomic E-state index is 12.3. The number of furan rings is 1. The number of carbonyl (C=O) groups excluding carboxylic acids is 2. The van der Waals surface area contributed by atoms with Gasteiger partial charge in [0.2, 0.25) is 11.8 Å². The van der Waals surface area contributed by atoms with Crippen LogP contribution < -0.4 is 5.32 Å². The standard InChI is InChI=1S/C17H26N2O4/c1-12(20)8-17(2,3)11-18-16(22)13-7-15(21)19(9-13)10-14-5-4-6-23-14/h4-6,12-13,20H,7-11H2,1-3H3,(H,18,22). The molecule has 0 radical (unpaired) electrons. The van der Waals surface area contributed by atoms with Gasteiger partial charge in [-0.3, -0.25) is 9.59 Å². The highest BCUT2D eigenvalue weighted by Gasteiger charge is 2.35. The largest absolute Gasteiger partial charge is 0.467 e. The molecule has 2 rings (SSSR count). The summed E-state index contributed by atoms with van der Waals surface area (Å²) < 4.78 is 5.25. The zero-order valence-corrected chi connectivity index (χ0v) is 14.0. The van der Waals surface area contributed by atoms with Gasteiger partial charge in [-0.1, -0.05) is 13.8 Å². The van der Waals surface area contributed by atoms with E-state index in [1.165, 1.54) is 0 Å². The second kappa shape index (κ2) is 7.17. The van der Waals surface area contributed by atoms with Crippen molar-refractivity contribution in [2.45, 2.75) is 46.3 Å². The molecule has 1 aromatic heterocycles. The van der Waals surface area contributed by atoms with Crippen molar-refractivity contribution < 1.29 is 19.1 Å². The van der Waals surface area contributed by atoms with Gasteiger partial charge in [-0.2, -0.15) is 0 Å². The number of rotatable bonds is 7. The van der Waals surface area contributed by atoms with Gasteiger partial charge in [-0.25, -0.2) is 0 Å². The number of hydrogen-bond donors (Lipinski definition) is 2. The molecular weight excluding hydrogens is 296 g/mol. The van der Waals surface area contributed by atoms with Crippen molar-refractivity contribution in [3.05, 3.63) is 24.2 Å². The molecule has 2 atom stereocenters. The van der Waals surface area contributed by atoms with Gasteiger partial charge in [0.1, 0.15) is 5.76 Å². The second-order valence-electron chi connectivity index (χ2n) is 7.19. The van der Waals surface area contributed by atoms with Gasteiger partial charge in [0.05, 0.1) is 24.8 Å². The van der Waals surface area contributed by atoms with Gasteiger partial charge in [-0.05, 0) is 30.9 Å². The molecule has 6 nitrogen and oxygen atoms in total. The number of likely N-dealkylation sites (tertiary alicyclic amines) is 1. The first kappa shape index (κ1) is 17.5. The van der Waals surface area contributed by atoms with Crippen LogP contribution >= 0.6 is 0 Å². The molecule has 1 aliphatic heterocycles. The van der Waals surface area contributed by atoms with Crippen LogP contribution in [0.15, 0.2) is 22.8 Å². The molecule has 0 aromatic carbocycles. The summed E-state index contributed by atoms with van der Waals surface area (Å²) in [5.74, 6) is 0.279. The molecule has 6 heteroatoms.